The van der Waals surface area contributed by atoms with E-state index in [0.29, 0.717) is 72.1 Å². The van der Waals surface area contributed by atoms with Gasteiger partial charge in [0.05, 0.1) is 61.0 Å². The van der Waals surface area contributed by atoms with Gasteiger partial charge in [-0.05, 0) is 71.3 Å². The lowest BCUT2D eigenvalue weighted by Gasteiger charge is -2.19. The first kappa shape index (κ1) is 43.0. The van der Waals surface area contributed by atoms with Gasteiger partial charge in [0.1, 0.15) is 23.4 Å². The third-order valence-corrected chi connectivity index (χ3v) is 7.40. The third kappa shape index (κ3) is 18.9. The predicted octanol–water partition coefficient (Wildman–Crippen LogP) is 6.37. The number of hydrogen-bond acceptors (Lipinski definition) is 12. The SMILES string of the molecule is COC(=O)/C=C/c1ccc(OCCCOCC(COCCCOc2ccc(/C=C/C(=O)OC)cc2)OCCCOc2ccc(/C=C/C(=O)OC)cc2)cc1. The molecule has 0 N–H and O–H groups in total. The van der Waals surface area contributed by atoms with Crippen LogP contribution >= 0.6 is 0 Å². The molecule has 12 heteroatoms. The highest BCUT2D eigenvalue weighted by atomic mass is 16.6. The van der Waals surface area contributed by atoms with Crippen molar-refractivity contribution in [3.05, 3.63) is 108 Å². The Morgan fingerprint density at radius 3 is 1.09 bits per heavy atom. The average Bonchev–Trinajstić information content (AvgIpc) is 3.21. The van der Waals surface area contributed by atoms with Crippen LogP contribution in [-0.2, 0) is 42.8 Å². The van der Waals surface area contributed by atoms with Gasteiger partial charge in [-0.15, -0.1) is 0 Å². The second kappa shape index (κ2) is 26.4. The Labute approximate surface area is 317 Å². The molecule has 12 nitrogen and oxygen atoms in total. The standard InChI is InChI=1S/C42H50O12/c1-46-40(43)22-13-33-7-16-36(17-8-33)51-27-4-25-49-31-39(54-30-6-29-53-38-20-11-35(12-21-38)15-24-42(45)48-3)32-50-26-5-28-52-37-18-9-34(10-19-37)14-23-41(44)47-2/h7-24,39H,4-6,25-32H2,1-3H3/b22-13+,23-14+,24-15+. The molecule has 0 heterocycles. The van der Waals surface area contributed by atoms with Crippen LogP contribution in [0.4, 0.5) is 0 Å². The van der Waals surface area contributed by atoms with Gasteiger partial charge < -0.3 is 42.6 Å². The van der Waals surface area contributed by atoms with Gasteiger partial charge in [0.25, 0.3) is 0 Å². The number of methoxy groups -OCH3 is 3. The lowest BCUT2D eigenvalue weighted by molar-refractivity contribution is -0.135. The van der Waals surface area contributed by atoms with Crippen molar-refractivity contribution in [3.8, 4) is 17.2 Å². The molecule has 0 radical (unpaired) electrons. The second-order valence-electron chi connectivity index (χ2n) is 11.5. The Bertz CT molecular complexity index is 1510. The number of esters is 3. The fourth-order valence-electron chi connectivity index (χ4n) is 4.50. The molecule has 3 aromatic rings. The Hall–Kier alpha value is -5.43. The monoisotopic (exact) mass is 746 g/mol. The molecule has 0 aliphatic rings. The summed E-state index contributed by atoms with van der Waals surface area (Å²) in [7, 11) is 4.01. The summed E-state index contributed by atoms with van der Waals surface area (Å²) in [5.74, 6) is 0.936. The van der Waals surface area contributed by atoms with E-state index in [1.54, 1.807) is 18.2 Å². The first-order chi connectivity index (χ1) is 26.4. The van der Waals surface area contributed by atoms with Crippen LogP contribution in [0.25, 0.3) is 18.2 Å². The molecule has 0 aromatic heterocycles. The Morgan fingerprint density at radius 2 is 0.778 bits per heavy atom. The first-order valence-electron chi connectivity index (χ1n) is 17.6. The largest absolute Gasteiger partial charge is 0.494 e. The maximum atomic E-state index is 11.3. The molecular formula is C42H50O12. The van der Waals surface area contributed by atoms with Crippen LogP contribution in [0.15, 0.2) is 91.0 Å². The number of ether oxygens (including phenoxy) is 9. The molecule has 0 bridgehead atoms. The fourth-order valence-corrected chi connectivity index (χ4v) is 4.50. The molecule has 0 atom stereocenters. The molecule has 54 heavy (non-hydrogen) atoms. The van der Waals surface area contributed by atoms with Gasteiger partial charge in [0.2, 0.25) is 0 Å². The molecule has 0 unspecified atom stereocenters. The van der Waals surface area contributed by atoms with Gasteiger partial charge in [-0.25, -0.2) is 14.4 Å². The van der Waals surface area contributed by atoms with Gasteiger partial charge in [-0.3, -0.25) is 0 Å². The van der Waals surface area contributed by atoms with Crippen molar-refractivity contribution in [3.63, 3.8) is 0 Å². The molecule has 290 valence electrons. The summed E-state index contributed by atoms with van der Waals surface area (Å²) in [6.45, 7) is 3.56. The second-order valence-corrected chi connectivity index (χ2v) is 11.5. The summed E-state index contributed by atoms with van der Waals surface area (Å²) < 4.78 is 49.3. The van der Waals surface area contributed by atoms with Crippen LogP contribution < -0.4 is 14.2 Å². The van der Waals surface area contributed by atoms with E-state index in [1.165, 1.54) is 39.6 Å². The van der Waals surface area contributed by atoms with Crippen LogP contribution in [0.2, 0.25) is 0 Å². The van der Waals surface area contributed by atoms with E-state index >= 15 is 0 Å². The zero-order valence-corrected chi connectivity index (χ0v) is 31.1. The molecule has 0 saturated heterocycles. The summed E-state index contributed by atoms with van der Waals surface area (Å²) in [5.41, 5.74) is 2.58. The fraction of sp³-hybridized carbons (Fsp3) is 0.357. The molecule has 0 amide bonds. The Kier molecular flexibility index (Phi) is 21.0. The summed E-state index contributed by atoms with van der Waals surface area (Å²) in [5, 5.41) is 0. The molecule has 0 fully saturated rings. The molecule has 3 aromatic carbocycles. The van der Waals surface area contributed by atoms with Gasteiger partial charge in [-0.1, -0.05) is 36.4 Å². The van der Waals surface area contributed by atoms with Crippen LogP contribution in [0.5, 0.6) is 17.2 Å². The summed E-state index contributed by atoms with van der Waals surface area (Å²) >= 11 is 0. The van der Waals surface area contributed by atoms with Crippen molar-refractivity contribution in [1.82, 2.24) is 0 Å². The maximum absolute atomic E-state index is 11.3. The Balaban J connectivity index is 1.37. The highest BCUT2D eigenvalue weighted by Crippen LogP contribution is 2.16. The molecule has 3 rings (SSSR count). The number of carbonyl (C=O) groups is 3. The smallest absolute Gasteiger partial charge is 0.330 e. The van der Waals surface area contributed by atoms with Crippen LogP contribution in [0, 0.1) is 0 Å². The van der Waals surface area contributed by atoms with Crippen molar-refractivity contribution in [2.45, 2.75) is 25.4 Å². The normalized spacial score (nSPS) is 11.3. The van der Waals surface area contributed by atoms with Crippen molar-refractivity contribution >= 4 is 36.1 Å². The van der Waals surface area contributed by atoms with E-state index in [-0.39, 0.29) is 6.10 Å². The van der Waals surface area contributed by atoms with Gasteiger partial charge in [0.15, 0.2) is 0 Å². The summed E-state index contributed by atoms with van der Waals surface area (Å²) in [4.78, 5) is 33.9. The lowest BCUT2D eigenvalue weighted by Crippen LogP contribution is -2.27. The Morgan fingerprint density at radius 1 is 0.463 bits per heavy atom. The van der Waals surface area contributed by atoms with Crippen molar-refractivity contribution in [2.24, 2.45) is 0 Å². The van der Waals surface area contributed by atoms with E-state index in [9.17, 15) is 14.4 Å². The summed E-state index contributed by atoms with van der Waals surface area (Å²) in [6.07, 6.45) is 10.9. The molecule has 0 aliphatic heterocycles. The van der Waals surface area contributed by atoms with E-state index in [1.807, 2.05) is 72.8 Å². The number of benzene rings is 3. The molecular weight excluding hydrogens is 696 g/mol. The molecule has 0 spiro atoms. The van der Waals surface area contributed by atoms with E-state index in [2.05, 4.69) is 14.2 Å². The maximum Gasteiger partial charge on any atom is 0.330 e. The van der Waals surface area contributed by atoms with Crippen molar-refractivity contribution in [1.29, 1.82) is 0 Å². The van der Waals surface area contributed by atoms with E-state index < -0.39 is 17.9 Å². The topological polar surface area (TPSA) is 134 Å². The average molecular weight is 747 g/mol. The highest BCUT2D eigenvalue weighted by Gasteiger charge is 2.11. The van der Waals surface area contributed by atoms with Crippen molar-refractivity contribution < 1.29 is 57.0 Å². The van der Waals surface area contributed by atoms with Gasteiger partial charge in [0, 0.05) is 50.7 Å². The first-order valence-corrected chi connectivity index (χ1v) is 17.6. The molecule has 0 aliphatic carbocycles. The minimum Gasteiger partial charge on any atom is -0.494 e. The van der Waals surface area contributed by atoms with Crippen LogP contribution in [0.1, 0.15) is 36.0 Å². The van der Waals surface area contributed by atoms with Gasteiger partial charge >= 0.3 is 17.9 Å². The van der Waals surface area contributed by atoms with Crippen molar-refractivity contribution in [2.75, 3.05) is 74.2 Å². The highest BCUT2D eigenvalue weighted by molar-refractivity contribution is 5.88. The van der Waals surface area contributed by atoms with E-state index in [0.717, 1.165) is 33.9 Å². The quantitative estimate of drug-likeness (QED) is 0.0391. The van der Waals surface area contributed by atoms with Gasteiger partial charge in [-0.2, -0.15) is 0 Å². The van der Waals surface area contributed by atoms with E-state index in [4.69, 9.17) is 28.4 Å². The number of carbonyl (C=O) groups excluding carboxylic acids is 3. The zero-order valence-electron chi connectivity index (χ0n) is 31.1. The lowest BCUT2D eigenvalue weighted by atomic mass is 10.2. The zero-order chi connectivity index (χ0) is 38.6. The minimum absolute atomic E-state index is 0.274. The van der Waals surface area contributed by atoms with Crippen LogP contribution in [0.3, 0.4) is 0 Å². The predicted molar refractivity (Wildman–Crippen MR) is 204 cm³/mol. The van der Waals surface area contributed by atoms with Crippen LogP contribution in [-0.4, -0.2) is 98.2 Å². The third-order valence-electron chi connectivity index (χ3n) is 7.40. The minimum atomic E-state index is -0.412. The number of hydrogen-bond donors (Lipinski definition) is 0. The summed E-state index contributed by atoms with van der Waals surface area (Å²) in [6, 6.07) is 22.2. The number of rotatable bonds is 26. The molecule has 0 saturated carbocycles.